The monoisotopic (exact) mass is 387 g/mol. The van der Waals surface area contributed by atoms with Crippen LogP contribution in [-0.2, 0) is 12.6 Å². The van der Waals surface area contributed by atoms with Gasteiger partial charge in [-0.05, 0) is 42.1 Å². The molecule has 3 rings (SSSR count). The van der Waals surface area contributed by atoms with Crippen LogP contribution in [0.25, 0.3) is 10.8 Å². The number of alkyl halides is 3. The van der Waals surface area contributed by atoms with Crippen molar-refractivity contribution in [1.82, 2.24) is 5.32 Å². The van der Waals surface area contributed by atoms with Gasteiger partial charge in [0.25, 0.3) is 0 Å². The van der Waals surface area contributed by atoms with E-state index in [1.165, 1.54) is 11.1 Å². The SMILES string of the molecule is CCc1ccccc1C(CCOc1cc(C(F)(F)F)cc2ccccc12)NC. The first-order chi connectivity index (χ1) is 13.4. The first-order valence-corrected chi connectivity index (χ1v) is 9.42. The maximum Gasteiger partial charge on any atom is 0.416 e. The van der Waals surface area contributed by atoms with Gasteiger partial charge in [-0.1, -0.05) is 55.5 Å². The lowest BCUT2D eigenvalue weighted by molar-refractivity contribution is -0.137. The zero-order valence-corrected chi connectivity index (χ0v) is 16.0. The average molecular weight is 387 g/mol. The standard InChI is InChI=1S/C23H24F3NO/c1-3-16-8-4-6-10-19(16)21(27-2)12-13-28-22-15-18(23(24,25)26)14-17-9-5-7-11-20(17)22/h4-11,14-15,21,27H,3,12-13H2,1-2H3. The molecule has 1 unspecified atom stereocenters. The smallest absolute Gasteiger partial charge is 0.416 e. The molecule has 0 amide bonds. The molecular weight excluding hydrogens is 363 g/mol. The van der Waals surface area contributed by atoms with E-state index in [2.05, 4.69) is 24.4 Å². The van der Waals surface area contributed by atoms with Crippen molar-refractivity contribution in [3.05, 3.63) is 77.4 Å². The molecule has 0 saturated heterocycles. The maximum absolute atomic E-state index is 13.2. The van der Waals surface area contributed by atoms with Crippen molar-refractivity contribution < 1.29 is 17.9 Å². The molecule has 1 atom stereocenters. The fourth-order valence-electron chi connectivity index (χ4n) is 3.50. The zero-order chi connectivity index (χ0) is 20.1. The van der Waals surface area contributed by atoms with Crippen molar-refractivity contribution in [1.29, 1.82) is 0 Å². The Hall–Kier alpha value is -2.53. The molecule has 28 heavy (non-hydrogen) atoms. The lowest BCUT2D eigenvalue weighted by Gasteiger charge is -2.20. The molecule has 0 heterocycles. The first-order valence-electron chi connectivity index (χ1n) is 9.42. The highest BCUT2D eigenvalue weighted by Crippen LogP contribution is 2.36. The van der Waals surface area contributed by atoms with Gasteiger partial charge in [0.05, 0.1) is 12.2 Å². The summed E-state index contributed by atoms with van der Waals surface area (Å²) in [4.78, 5) is 0. The molecule has 3 aromatic carbocycles. The van der Waals surface area contributed by atoms with Crippen molar-refractivity contribution in [2.24, 2.45) is 0 Å². The molecule has 0 aromatic heterocycles. The number of nitrogens with one attached hydrogen (secondary N) is 1. The van der Waals surface area contributed by atoms with Crippen molar-refractivity contribution >= 4 is 10.8 Å². The molecule has 0 bridgehead atoms. The van der Waals surface area contributed by atoms with Gasteiger partial charge in [-0.2, -0.15) is 13.2 Å². The molecule has 5 heteroatoms. The van der Waals surface area contributed by atoms with Gasteiger partial charge in [-0.25, -0.2) is 0 Å². The molecule has 0 aliphatic carbocycles. The maximum atomic E-state index is 13.2. The van der Waals surface area contributed by atoms with E-state index >= 15 is 0 Å². The lowest BCUT2D eigenvalue weighted by Crippen LogP contribution is -2.20. The molecule has 1 N–H and O–H groups in total. The Kier molecular flexibility index (Phi) is 6.25. The van der Waals surface area contributed by atoms with E-state index in [1.807, 2.05) is 19.2 Å². The number of benzene rings is 3. The van der Waals surface area contributed by atoms with E-state index in [-0.39, 0.29) is 11.8 Å². The largest absolute Gasteiger partial charge is 0.493 e. The van der Waals surface area contributed by atoms with Crippen LogP contribution in [0, 0.1) is 0 Å². The third-order valence-electron chi connectivity index (χ3n) is 4.98. The van der Waals surface area contributed by atoms with E-state index in [9.17, 15) is 13.2 Å². The topological polar surface area (TPSA) is 21.3 Å². The first kappa shape index (κ1) is 20.2. The second-order valence-corrected chi connectivity index (χ2v) is 6.72. The third-order valence-corrected chi connectivity index (χ3v) is 4.98. The number of aryl methyl sites for hydroxylation is 1. The number of rotatable bonds is 7. The minimum atomic E-state index is -4.41. The molecule has 0 spiro atoms. The Labute approximate surface area is 163 Å². The van der Waals surface area contributed by atoms with E-state index in [0.717, 1.165) is 18.6 Å². The van der Waals surface area contributed by atoms with E-state index in [1.54, 1.807) is 24.3 Å². The number of fused-ring (bicyclic) bond motifs is 1. The summed E-state index contributed by atoms with van der Waals surface area (Å²) in [6.07, 6.45) is -2.83. The minimum Gasteiger partial charge on any atom is -0.493 e. The Bertz CT molecular complexity index is 937. The summed E-state index contributed by atoms with van der Waals surface area (Å²) in [6, 6.07) is 17.5. The quantitative estimate of drug-likeness (QED) is 0.525. The predicted molar refractivity (Wildman–Crippen MR) is 107 cm³/mol. The van der Waals surface area contributed by atoms with Crippen molar-refractivity contribution in [3.63, 3.8) is 0 Å². The van der Waals surface area contributed by atoms with Crippen LogP contribution >= 0.6 is 0 Å². The molecule has 0 aliphatic heterocycles. The molecule has 0 radical (unpaired) electrons. The van der Waals surface area contributed by atoms with Gasteiger partial charge >= 0.3 is 6.18 Å². The highest BCUT2D eigenvalue weighted by atomic mass is 19.4. The van der Waals surface area contributed by atoms with Gasteiger partial charge in [0, 0.05) is 17.8 Å². The van der Waals surface area contributed by atoms with Gasteiger partial charge in [0.2, 0.25) is 0 Å². The summed E-state index contributed by atoms with van der Waals surface area (Å²) in [5.74, 6) is 0.268. The molecule has 148 valence electrons. The van der Waals surface area contributed by atoms with Crippen LogP contribution in [0.3, 0.4) is 0 Å². The van der Waals surface area contributed by atoms with Gasteiger partial charge in [0.15, 0.2) is 0 Å². The molecular formula is C23H24F3NO. The number of hydrogen-bond donors (Lipinski definition) is 1. The third kappa shape index (κ3) is 4.47. The van der Waals surface area contributed by atoms with Crippen LogP contribution in [0.1, 0.15) is 36.1 Å². The van der Waals surface area contributed by atoms with Crippen LogP contribution in [-0.4, -0.2) is 13.7 Å². The summed E-state index contributed by atoms with van der Waals surface area (Å²) in [5, 5.41) is 4.50. The highest BCUT2D eigenvalue weighted by molar-refractivity contribution is 5.89. The molecule has 0 aliphatic rings. The lowest BCUT2D eigenvalue weighted by atomic mass is 9.97. The highest BCUT2D eigenvalue weighted by Gasteiger charge is 2.31. The van der Waals surface area contributed by atoms with Gasteiger partial charge < -0.3 is 10.1 Å². The van der Waals surface area contributed by atoms with Gasteiger partial charge in [0.1, 0.15) is 5.75 Å². The van der Waals surface area contributed by atoms with Crippen LogP contribution in [0.2, 0.25) is 0 Å². The normalized spacial score (nSPS) is 12.9. The van der Waals surface area contributed by atoms with E-state index in [4.69, 9.17) is 4.74 Å². The van der Waals surface area contributed by atoms with E-state index < -0.39 is 11.7 Å². The Morgan fingerprint density at radius 3 is 2.43 bits per heavy atom. The summed E-state index contributed by atoms with van der Waals surface area (Å²) in [5.41, 5.74) is 1.76. The van der Waals surface area contributed by atoms with Crippen LogP contribution in [0.4, 0.5) is 13.2 Å². The molecule has 3 aromatic rings. The Balaban J connectivity index is 1.81. The van der Waals surface area contributed by atoms with Crippen molar-refractivity contribution in [3.8, 4) is 5.75 Å². The Morgan fingerprint density at radius 2 is 1.71 bits per heavy atom. The summed E-state index contributed by atoms with van der Waals surface area (Å²) < 4.78 is 45.6. The van der Waals surface area contributed by atoms with E-state index in [0.29, 0.717) is 23.8 Å². The van der Waals surface area contributed by atoms with Crippen LogP contribution < -0.4 is 10.1 Å². The number of ether oxygens (including phenoxy) is 1. The van der Waals surface area contributed by atoms with Crippen molar-refractivity contribution in [2.75, 3.05) is 13.7 Å². The summed E-state index contributed by atoms with van der Waals surface area (Å²) in [7, 11) is 1.89. The fourth-order valence-corrected chi connectivity index (χ4v) is 3.50. The minimum absolute atomic E-state index is 0.0770. The zero-order valence-electron chi connectivity index (χ0n) is 16.0. The number of halogens is 3. The molecule has 0 fully saturated rings. The Morgan fingerprint density at radius 1 is 1.00 bits per heavy atom. The molecule has 0 saturated carbocycles. The van der Waals surface area contributed by atoms with Gasteiger partial charge in [-0.3, -0.25) is 0 Å². The fraction of sp³-hybridized carbons (Fsp3) is 0.304. The summed E-state index contributed by atoms with van der Waals surface area (Å²) >= 11 is 0. The second-order valence-electron chi connectivity index (χ2n) is 6.72. The second kappa shape index (κ2) is 8.65. The van der Waals surface area contributed by atoms with Gasteiger partial charge in [-0.15, -0.1) is 0 Å². The average Bonchev–Trinajstić information content (AvgIpc) is 2.70. The number of hydrogen-bond acceptors (Lipinski definition) is 2. The molecule has 2 nitrogen and oxygen atoms in total. The van der Waals surface area contributed by atoms with Crippen LogP contribution in [0.15, 0.2) is 60.7 Å². The van der Waals surface area contributed by atoms with Crippen molar-refractivity contribution in [2.45, 2.75) is 32.0 Å². The summed E-state index contributed by atoms with van der Waals surface area (Å²) in [6.45, 7) is 2.42. The van der Waals surface area contributed by atoms with Crippen LogP contribution in [0.5, 0.6) is 5.75 Å². The predicted octanol–water partition coefficient (Wildman–Crippen LogP) is 6.15.